The Hall–Kier alpha value is -8.46. The summed E-state index contributed by atoms with van der Waals surface area (Å²) in [6.45, 7) is 0.630. The number of ether oxygens (including phenoxy) is 1. The van der Waals surface area contributed by atoms with Crippen molar-refractivity contribution >= 4 is 22.6 Å². The van der Waals surface area contributed by atoms with E-state index in [1.165, 1.54) is 5.56 Å². The van der Waals surface area contributed by atoms with Crippen molar-refractivity contribution in [2.24, 2.45) is 0 Å². The molecule has 1 saturated carbocycles. The van der Waals surface area contributed by atoms with E-state index in [0.717, 1.165) is 75.8 Å². The van der Waals surface area contributed by atoms with Gasteiger partial charge < -0.3 is 15.4 Å². The van der Waals surface area contributed by atoms with E-state index in [0.29, 0.717) is 41.4 Å². The molecule has 11 rings (SSSR count). The summed E-state index contributed by atoms with van der Waals surface area (Å²) in [6, 6.07) is 81.3. The molecule has 10 aromatic rings. The zero-order valence-electron chi connectivity index (χ0n) is 40.4. The molecule has 0 radical (unpaired) electrons. The van der Waals surface area contributed by atoms with Gasteiger partial charge in [0, 0.05) is 30.4 Å². The van der Waals surface area contributed by atoms with Gasteiger partial charge in [-0.05, 0) is 93.8 Å². The van der Waals surface area contributed by atoms with Crippen molar-refractivity contribution in [1.29, 1.82) is 0 Å². The van der Waals surface area contributed by atoms with E-state index < -0.39 is 11.1 Å². The number of aromatic nitrogens is 5. The Kier molecular flexibility index (Phi) is 13.3. The molecule has 7 aromatic carbocycles. The van der Waals surface area contributed by atoms with Crippen molar-refractivity contribution in [3.05, 3.63) is 293 Å². The Morgan fingerprint density at radius 3 is 1.54 bits per heavy atom. The predicted molar refractivity (Wildman–Crippen MR) is 290 cm³/mol. The fourth-order valence-corrected chi connectivity index (χ4v) is 11.0. The Balaban J connectivity index is 1.15. The first kappa shape index (κ1) is 46.0. The van der Waals surface area contributed by atoms with E-state index in [1.807, 2.05) is 23.0 Å². The molecule has 0 aliphatic heterocycles. The Morgan fingerprint density at radius 1 is 0.583 bits per heavy atom. The van der Waals surface area contributed by atoms with Crippen molar-refractivity contribution < 1.29 is 4.74 Å². The molecule has 8 heteroatoms. The van der Waals surface area contributed by atoms with Crippen LogP contribution in [0.1, 0.15) is 81.7 Å². The molecule has 3 heterocycles. The van der Waals surface area contributed by atoms with Crippen LogP contribution in [0, 0.1) is 0 Å². The van der Waals surface area contributed by atoms with E-state index in [4.69, 9.17) is 20.0 Å². The quantitative estimate of drug-likeness (QED) is 0.0933. The van der Waals surface area contributed by atoms with Crippen LogP contribution in [-0.4, -0.2) is 44.7 Å². The van der Waals surface area contributed by atoms with Gasteiger partial charge in [-0.15, -0.1) is 5.10 Å². The lowest BCUT2D eigenvalue weighted by Gasteiger charge is -2.38. The van der Waals surface area contributed by atoms with Gasteiger partial charge in [0.1, 0.15) is 22.4 Å². The minimum Gasteiger partial charge on any atom is -0.481 e. The molecular weight excluding hydrogens is 883 g/mol. The summed E-state index contributed by atoms with van der Waals surface area (Å²) in [5.74, 6) is 1.74. The highest BCUT2D eigenvalue weighted by Crippen LogP contribution is 2.45. The third kappa shape index (κ3) is 8.86. The molecule has 2 N–H and O–H groups in total. The number of hydrogen-bond donors (Lipinski definition) is 2. The molecule has 0 saturated heterocycles. The van der Waals surface area contributed by atoms with Crippen LogP contribution in [0.2, 0.25) is 0 Å². The maximum atomic E-state index is 5.80. The molecule has 0 bridgehead atoms. The number of fused-ring (bicyclic) bond motifs is 1. The third-order valence-corrected chi connectivity index (χ3v) is 14.5. The van der Waals surface area contributed by atoms with Gasteiger partial charge in [-0.3, -0.25) is 0 Å². The van der Waals surface area contributed by atoms with Crippen molar-refractivity contribution in [3.8, 4) is 5.88 Å². The van der Waals surface area contributed by atoms with Gasteiger partial charge in [0.2, 0.25) is 5.88 Å². The molecule has 0 amide bonds. The minimum atomic E-state index is -0.999. The van der Waals surface area contributed by atoms with Crippen LogP contribution in [0.15, 0.2) is 243 Å². The van der Waals surface area contributed by atoms with Crippen LogP contribution >= 0.6 is 0 Å². The molecule has 3 aromatic heterocycles. The van der Waals surface area contributed by atoms with Crippen LogP contribution in [0.25, 0.3) is 16.7 Å². The molecule has 1 aliphatic carbocycles. The molecule has 72 heavy (non-hydrogen) atoms. The molecule has 354 valence electrons. The number of nitrogens with zero attached hydrogens (tertiary/aromatic N) is 5. The summed E-state index contributed by atoms with van der Waals surface area (Å²) in [4.78, 5) is 10.3. The molecule has 0 spiro atoms. The van der Waals surface area contributed by atoms with Crippen molar-refractivity contribution in [2.75, 3.05) is 19.0 Å². The topological polar surface area (TPSA) is 89.8 Å². The summed E-state index contributed by atoms with van der Waals surface area (Å²) < 4.78 is 7.84. The first-order valence-electron chi connectivity index (χ1n) is 25.0. The Bertz CT molecular complexity index is 3170. The number of rotatable bonds is 16. The van der Waals surface area contributed by atoms with Gasteiger partial charge >= 0.3 is 0 Å². The summed E-state index contributed by atoms with van der Waals surface area (Å²) in [5, 5.41) is 18.6. The maximum absolute atomic E-state index is 5.80. The van der Waals surface area contributed by atoms with Gasteiger partial charge in [0.05, 0.1) is 7.11 Å². The van der Waals surface area contributed by atoms with Crippen LogP contribution in [-0.2, 0) is 11.1 Å². The first-order valence-corrected chi connectivity index (χ1v) is 25.0. The summed E-state index contributed by atoms with van der Waals surface area (Å²) in [7, 11) is 1.66. The molecular formula is C64H57N7O. The number of benzene rings is 7. The molecule has 1 aliphatic rings. The van der Waals surface area contributed by atoms with E-state index in [1.54, 1.807) is 7.11 Å². The second-order valence-electron chi connectivity index (χ2n) is 18.6. The van der Waals surface area contributed by atoms with Crippen LogP contribution in [0.4, 0.5) is 5.82 Å². The zero-order valence-corrected chi connectivity index (χ0v) is 40.4. The highest BCUT2D eigenvalue weighted by atomic mass is 16.5. The van der Waals surface area contributed by atoms with E-state index in [-0.39, 0.29) is 0 Å². The highest BCUT2D eigenvalue weighted by Gasteiger charge is 2.43. The summed E-state index contributed by atoms with van der Waals surface area (Å²) >= 11 is 0. The van der Waals surface area contributed by atoms with Gasteiger partial charge in [-0.1, -0.05) is 224 Å². The monoisotopic (exact) mass is 939 g/mol. The lowest BCUT2D eigenvalue weighted by Crippen LogP contribution is -2.39. The van der Waals surface area contributed by atoms with E-state index >= 15 is 0 Å². The second-order valence-corrected chi connectivity index (χ2v) is 18.6. The molecule has 8 nitrogen and oxygen atoms in total. The fraction of sp³-hybridized carbons (Fsp3) is 0.156. The van der Waals surface area contributed by atoms with E-state index in [9.17, 15) is 0 Å². The number of methoxy groups -OCH3 is 1. The number of pyridine rings is 2. The molecule has 0 unspecified atom stereocenters. The lowest BCUT2D eigenvalue weighted by atomic mass is 9.77. The third-order valence-electron chi connectivity index (χ3n) is 14.5. The van der Waals surface area contributed by atoms with Crippen molar-refractivity contribution in [2.45, 2.75) is 48.7 Å². The SMILES string of the molecule is COc1cc(/C(=C\CN[C@H]2CC[C@H](c3ccccc3)CC2)c2cc(NC(c3ccccc3)(c3ccccc3)c3ccccc3)nc3c2nnn3C(c2ccccc2)(c2ccccc2)c2ccccc2)ccn1. The maximum Gasteiger partial charge on any atom is 0.213 e. The van der Waals surface area contributed by atoms with Gasteiger partial charge in [-0.25, -0.2) is 14.6 Å². The summed E-state index contributed by atoms with van der Waals surface area (Å²) in [5.41, 5.74) is 9.80. The Morgan fingerprint density at radius 2 is 1.06 bits per heavy atom. The van der Waals surface area contributed by atoms with Gasteiger partial charge in [0.25, 0.3) is 0 Å². The fourth-order valence-electron chi connectivity index (χ4n) is 11.0. The number of hydrogen-bond acceptors (Lipinski definition) is 7. The molecule has 1 fully saturated rings. The van der Waals surface area contributed by atoms with Crippen molar-refractivity contribution in [1.82, 2.24) is 30.3 Å². The lowest BCUT2D eigenvalue weighted by molar-refractivity contribution is 0.351. The highest BCUT2D eigenvalue weighted by molar-refractivity contribution is 5.94. The predicted octanol–water partition coefficient (Wildman–Crippen LogP) is 13.2. The second kappa shape index (κ2) is 20.9. The van der Waals surface area contributed by atoms with Gasteiger partial charge in [0.15, 0.2) is 5.65 Å². The summed E-state index contributed by atoms with van der Waals surface area (Å²) in [6.07, 6.45) is 8.63. The first-order chi connectivity index (χ1) is 35.6. The largest absolute Gasteiger partial charge is 0.481 e. The Labute approximate surface area is 422 Å². The van der Waals surface area contributed by atoms with Gasteiger partial charge in [-0.2, -0.15) is 0 Å². The van der Waals surface area contributed by atoms with Crippen LogP contribution < -0.4 is 15.4 Å². The standard InChI is InChI=1S/C64H57N7O/c1-72-60-45-49(41-43-66-60)57(42-44-65-56-39-37-48(38-40-56)47-23-9-2-10-24-47)58-46-59(68-63(50-25-11-3-12-26-50,51-27-13-4-14-28-51)52-29-15-5-16-30-52)67-62-61(58)69-70-71(62)64(53-31-17-6-18-32-53,54-33-19-7-20-34-54)55-35-21-8-22-36-55/h2-36,41-43,45-46,48,56,65H,37-40,44H2,1H3,(H,67,68)/b57-42+/t48-,56-. The van der Waals surface area contributed by atoms with Crippen LogP contribution in [0.3, 0.4) is 0 Å². The number of nitrogens with one attached hydrogen (secondary N) is 2. The number of anilines is 1. The normalized spacial score (nSPS) is 15.3. The average Bonchev–Trinajstić information content (AvgIpc) is 3.89. The zero-order chi connectivity index (χ0) is 48.6. The smallest absolute Gasteiger partial charge is 0.213 e. The average molecular weight is 940 g/mol. The van der Waals surface area contributed by atoms with Crippen molar-refractivity contribution in [3.63, 3.8) is 0 Å². The van der Waals surface area contributed by atoms with Crippen LogP contribution in [0.5, 0.6) is 5.88 Å². The minimum absolute atomic E-state index is 0.386. The van der Waals surface area contributed by atoms with E-state index in [2.05, 4.69) is 240 Å². The molecule has 0 atom stereocenters.